The van der Waals surface area contributed by atoms with Crippen molar-refractivity contribution >= 4 is 17.7 Å². The first-order chi connectivity index (χ1) is 8.25. The molecule has 1 N–H and O–H groups in total. The fourth-order valence-corrected chi connectivity index (χ4v) is 1.36. The Bertz CT molecular complexity index is 407. The van der Waals surface area contributed by atoms with Gasteiger partial charge < -0.3 is 9.57 Å². The van der Waals surface area contributed by atoms with E-state index in [2.05, 4.69) is 5.32 Å². The summed E-state index contributed by atoms with van der Waals surface area (Å²) in [6.07, 6.45) is -0.688. The molecule has 1 aromatic carbocycles. The molecule has 0 spiro atoms. The molecule has 6 heteroatoms. The summed E-state index contributed by atoms with van der Waals surface area (Å²) < 4.78 is 4.91. The minimum absolute atomic E-state index is 0.0569. The van der Waals surface area contributed by atoms with Crippen molar-refractivity contribution in [1.82, 2.24) is 5.06 Å². The Labute approximate surface area is 98.1 Å². The van der Waals surface area contributed by atoms with Crippen LogP contribution in [-0.2, 0) is 14.4 Å². The summed E-state index contributed by atoms with van der Waals surface area (Å²) in [4.78, 5) is 27.6. The van der Waals surface area contributed by atoms with Crippen LogP contribution in [-0.4, -0.2) is 36.8 Å². The van der Waals surface area contributed by atoms with E-state index < -0.39 is 6.09 Å². The number of carbonyl (C=O) groups is 2. The maximum absolute atomic E-state index is 11.5. The summed E-state index contributed by atoms with van der Waals surface area (Å²) in [5.74, 6) is -0.362. The molecule has 0 aliphatic carbocycles. The summed E-state index contributed by atoms with van der Waals surface area (Å²) in [5, 5.41) is 3.52. The van der Waals surface area contributed by atoms with Crippen LogP contribution in [0.3, 0.4) is 0 Å². The van der Waals surface area contributed by atoms with Gasteiger partial charge in [0.1, 0.15) is 6.61 Å². The van der Waals surface area contributed by atoms with E-state index in [0.717, 1.165) is 5.06 Å². The van der Waals surface area contributed by atoms with Gasteiger partial charge >= 0.3 is 6.09 Å². The van der Waals surface area contributed by atoms with Gasteiger partial charge in [-0.15, -0.1) is 0 Å². The molecule has 1 heterocycles. The van der Waals surface area contributed by atoms with Crippen molar-refractivity contribution in [3.05, 3.63) is 30.3 Å². The van der Waals surface area contributed by atoms with E-state index in [1.807, 2.05) is 6.07 Å². The molecule has 90 valence electrons. The van der Waals surface area contributed by atoms with Gasteiger partial charge in [-0.25, -0.2) is 4.79 Å². The van der Waals surface area contributed by atoms with E-state index in [1.165, 1.54) is 0 Å². The highest BCUT2D eigenvalue weighted by atomic mass is 16.7. The minimum Gasteiger partial charge on any atom is -0.370 e. The quantitative estimate of drug-likeness (QED) is 0.832. The van der Waals surface area contributed by atoms with E-state index in [9.17, 15) is 9.59 Å². The van der Waals surface area contributed by atoms with Gasteiger partial charge in [-0.05, 0) is 12.1 Å². The number of carbonyl (C=O) groups excluding carboxylic acids is 2. The largest absolute Gasteiger partial charge is 0.436 e. The number of benzene rings is 1. The van der Waals surface area contributed by atoms with Crippen molar-refractivity contribution in [2.24, 2.45) is 0 Å². The Hall–Kier alpha value is -2.08. The molecule has 6 nitrogen and oxygen atoms in total. The zero-order valence-electron chi connectivity index (χ0n) is 9.09. The predicted molar refractivity (Wildman–Crippen MR) is 59.1 cm³/mol. The van der Waals surface area contributed by atoms with Gasteiger partial charge in [0.15, 0.2) is 0 Å². The van der Waals surface area contributed by atoms with Gasteiger partial charge in [-0.3, -0.25) is 10.1 Å². The molecular weight excluding hydrogens is 224 g/mol. The zero-order valence-corrected chi connectivity index (χ0v) is 9.09. The number of amides is 2. The second-order valence-corrected chi connectivity index (χ2v) is 3.42. The first-order valence-corrected chi connectivity index (χ1v) is 5.18. The first-order valence-electron chi connectivity index (χ1n) is 5.18. The molecule has 2 amide bonds. The number of ether oxygens (including phenoxy) is 1. The van der Waals surface area contributed by atoms with Gasteiger partial charge in [0.05, 0.1) is 13.2 Å². The van der Waals surface area contributed by atoms with Crippen LogP contribution < -0.4 is 5.32 Å². The molecule has 0 radical (unpaired) electrons. The highest BCUT2D eigenvalue weighted by Crippen LogP contribution is 2.07. The number of hydrogen-bond donors (Lipinski definition) is 1. The second kappa shape index (κ2) is 5.31. The molecule has 0 unspecified atom stereocenters. The lowest BCUT2D eigenvalue weighted by Gasteiger charge is -2.24. The molecule has 2 rings (SSSR count). The van der Waals surface area contributed by atoms with Crippen LogP contribution in [0.5, 0.6) is 0 Å². The number of para-hydroxylation sites is 1. The topological polar surface area (TPSA) is 67.9 Å². The number of rotatable bonds is 2. The summed E-state index contributed by atoms with van der Waals surface area (Å²) in [5.41, 5.74) is 0.609. The summed E-state index contributed by atoms with van der Waals surface area (Å²) >= 11 is 0. The highest BCUT2D eigenvalue weighted by Gasteiger charge is 2.22. The smallest absolute Gasteiger partial charge is 0.370 e. The molecule has 0 saturated carbocycles. The summed E-state index contributed by atoms with van der Waals surface area (Å²) in [7, 11) is 0. The molecule has 1 saturated heterocycles. The van der Waals surface area contributed by atoms with Crippen LogP contribution in [0.4, 0.5) is 10.5 Å². The Morgan fingerprint density at radius 3 is 2.82 bits per heavy atom. The lowest BCUT2D eigenvalue weighted by atomic mass is 10.3. The van der Waals surface area contributed by atoms with Crippen LogP contribution in [0.25, 0.3) is 0 Å². The van der Waals surface area contributed by atoms with Gasteiger partial charge in [0.25, 0.3) is 5.91 Å². The SMILES string of the molecule is O=C(Nc1ccccc1)ON1CCOCC1=O. The van der Waals surface area contributed by atoms with E-state index in [0.29, 0.717) is 12.3 Å². The Morgan fingerprint density at radius 1 is 1.35 bits per heavy atom. The number of hydroxylamine groups is 2. The second-order valence-electron chi connectivity index (χ2n) is 3.42. The van der Waals surface area contributed by atoms with Crippen LogP contribution in [0.2, 0.25) is 0 Å². The van der Waals surface area contributed by atoms with Crippen molar-refractivity contribution < 1.29 is 19.2 Å². The zero-order chi connectivity index (χ0) is 12.1. The number of nitrogens with zero attached hydrogens (tertiary/aromatic N) is 1. The molecular formula is C11H12N2O4. The van der Waals surface area contributed by atoms with Crippen LogP contribution in [0.15, 0.2) is 30.3 Å². The van der Waals surface area contributed by atoms with Crippen molar-refractivity contribution in [1.29, 1.82) is 0 Å². The van der Waals surface area contributed by atoms with E-state index in [4.69, 9.17) is 9.57 Å². The first kappa shape index (κ1) is 11.4. The molecule has 1 aliphatic heterocycles. The van der Waals surface area contributed by atoms with Crippen molar-refractivity contribution in [3.63, 3.8) is 0 Å². The highest BCUT2D eigenvalue weighted by molar-refractivity contribution is 5.86. The molecule has 0 bridgehead atoms. The number of morpholine rings is 1. The van der Waals surface area contributed by atoms with Crippen molar-refractivity contribution in [3.8, 4) is 0 Å². The fraction of sp³-hybridized carbons (Fsp3) is 0.273. The maximum atomic E-state index is 11.5. The van der Waals surface area contributed by atoms with E-state index >= 15 is 0 Å². The van der Waals surface area contributed by atoms with Gasteiger partial charge in [-0.1, -0.05) is 18.2 Å². The van der Waals surface area contributed by atoms with Crippen LogP contribution in [0, 0.1) is 0 Å². The molecule has 17 heavy (non-hydrogen) atoms. The Balaban J connectivity index is 1.87. The molecule has 1 fully saturated rings. The van der Waals surface area contributed by atoms with E-state index in [-0.39, 0.29) is 19.1 Å². The van der Waals surface area contributed by atoms with Crippen LogP contribution in [0.1, 0.15) is 0 Å². The minimum atomic E-state index is -0.688. The van der Waals surface area contributed by atoms with Gasteiger partial charge in [0.2, 0.25) is 0 Å². The molecule has 1 aliphatic rings. The third-order valence-corrected chi connectivity index (χ3v) is 2.16. The lowest BCUT2D eigenvalue weighted by Crippen LogP contribution is -2.43. The molecule has 0 aromatic heterocycles. The lowest BCUT2D eigenvalue weighted by molar-refractivity contribution is -0.182. The number of hydrogen-bond acceptors (Lipinski definition) is 4. The standard InChI is InChI=1S/C11H12N2O4/c14-10-8-16-7-6-13(10)17-11(15)12-9-4-2-1-3-5-9/h1-5H,6-8H2,(H,12,15). The number of nitrogens with one attached hydrogen (secondary N) is 1. The van der Waals surface area contributed by atoms with Gasteiger partial charge in [0, 0.05) is 5.69 Å². The van der Waals surface area contributed by atoms with Gasteiger partial charge in [-0.2, -0.15) is 5.06 Å². The third-order valence-electron chi connectivity index (χ3n) is 2.16. The number of anilines is 1. The third kappa shape index (κ3) is 3.18. The fourth-order valence-electron chi connectivity index (χ4n) is 1.36. The molecule has 1 aromatic rings. The normalized spacial score (nSPS) is 15.5. The van der Waals surface area contributed by atoms with Crippen molar-refractivity contribution in [2.45, 2.75) is 0 Å². The Kier molecular flexibility index (Phi) is 3.56. The predicted octanol–water partition coefficient (Wildman–Crippen LogP) is 1.01. The maximum Gasteiger partial charge on any atom is 0.436 e. The summed E-state index contributed by atoms with van der Waals surface area (Å²) in [6, 6.07) is 8.86. The van der Waals surface area contributed by atoms with Crippen LogP contribution >= 0.6 is 0 Å². The Morgan fingerprint density at radius 2 is 2.12 bits per heavy atom. The average Bonchev–Trinajstić information content (AvgIpc) is 2.33. The molecule has 0 atom stereocenters. The monoisotopic (exact) mass is 236 g/mol. The average molecular weight is 236 g/mol. The van der Waals surface area contributed by atoms with Crippen molar-refractivity contribution in [2.75, 3.05) is 25.1 Å². The summed E-state index contributed by atoms with van der Waals surface area (Å²) in [6.45, 7) is 0.560. The van der Waals surface area contributed by atoms with E-state index in [1.54, 1.807) is 24.3 Å².